The highest BCUT2D eigenvalue weighted by Crippen LogP contribution is 2.36. The lowest BCUT2D eigenvalue weighted by atomic mass is 9.92. The third-order valence-electron chi connectivity index (χ3n) is 5.84. The van der Waals surface area contributed by atoms with Gasteiger partial charge in [-0.05, 0) is 85.7 Å². The Labute approximate surface area is 198 Å². The Morgan fingerprint density at radius 3 is 2.58 bits per heavy atom. The highest BCUT2D eigenvalue weighted by atomic mass is 16.5. The number of carbonyl (C=O) groups is 1. The van der Waals surface area contributed by atoms with Crippen LogP contribution in [0.4, 0.5) is 5.69 Å². The minimum Gasteiger partial charge on any atom is -0.491 e. The Balaban J connectivity index is 1.80. The normalized spacial score (nSPS) is 13.6. The SMILES string of the molecule is CCCCOCCOc1ccc(-c2cc(/C=C(\C)C(=O)OCC)c3c(c2)CCCN3C)cc1. The summed E-state index contributed by atoms with van der Waals surface area (Å²) in [6, 6.07) is 12.6. The van der Waals surface area contributed by atoms with Crippen LogP contribution in [0.25, 0.3) is 17.2 Å². The van der Waals surface area contributed by atoms with Crippen LogP contribution in [0.2, 0.25) is 0 Å². The summed E-state index contributed by atoms with van der Waals surface area (Å²) in [4.78, 5) is 14.5. The molecule has 0 saturated carbocycles. The number of anilines is 1. The number of hydrogen-bond donors (Lipinski definition) is 0. The van der Waals surface area contributed by atoms with Gasteiger partial charge in [0.1, 0.15) is 12.4 Å². The van der Waals surface area contributed by atoms with E-state index in [2.05, 4.69) is 43.1 Å². The molecule has 0 radical (unpaired) electrons. The smallest absolute Gasteiger partial charge is 0.333 e. The predicted molar refractivity (Wildman–Crippen MR) is 135 cm³/mol. The van der Waals surface area contributed by atoms with Gasteiger partial charge in [0.2, 0.25) is 0 Å². The first-order chi connectivity index (χ1) is 16.0. The molecule has 0 aromatic heterocycles. The van der Waals surface area contributed by atoms with Crippen molar-refractivity contribution in [3.63, 3.8) is 0 Å². The van der Waals surface area contributed by atoms with E-state index >= 15 is 0 Å². The van der Waals surface area contributed by atoms with Crippen LogP contribution in [0.5, 0.6) is 5.75 Å². The average Bonchev–Trinajstić information content (AvgIpc) is 2.81. The number of unbranched alkanes of at least 4 members (excludes halogenated alkanes) is 1. The molecule has 3 rings (SSSR count). The summed E-state index contributed by atoms with van der Waals surface area (Å²) in [5.74, 6) is 0.573. The van der Waals surface area contributed by atoms with Gasteiger partial charge in [0.25, 0.3) is 0 Å². The van der Waals surface area contributed by atoms with Gasteiger partial charge >= 0.3 is 5.97 Å². The Morgan fingerprint density at radius 2 is 1.85 bits per heavy atom. The Morgan fingerprint density at radius 1 is 1.06 bits per heavy atom. The lowest BCUT2D eigenvalue weighted by Crippen LogP contribution is -2.25. The molecule has 178 valence electrons. The Hall–Kier alpha value is -2.79. The molecule has 1 aliphatic heterocycles. The number of nitrogens with zero attached hydrogens (tertiary/aromatic N) is 1. The zero-order chi connectivity index (χ0) is 23.6. The van der Waals surface area contributed by atoms with E-state index in [9.17, 15) is 4.79 Å². The molecule has 0 spiro atoms. The monoisotopic (exact) mass is 451 g/mol. The van der Waals surface area contributed by atoms with E-state index in [0.29, 0.717) is 25.4 Å². The maximum absolute atomic E-state index is 12.2. The molecule has 2 aromatic rings. The number of benzene rings is 2. The first-order valence-corrected chi connectivity index (χ1v) is 12.1. The van der Waals surface area contributed by atoms with E-state index in [4.69, 9.17) is 14.2 Å². The highest BCUT2D eigenvalue weighted by Gasteiger charge is 2.19. The minimum atomic E-state index is -0.268. The van der Waals surface area contributed by atoms with Crippen molar-refractivity contribution in [3.8, 4) is 16.9 Å². The summed E-state index contributed by atoms with van der Waals surface area (Å²) >= 11 is 0. The third-order valence-corrected chi connectivity index (χ3v) is 5.84. The number of ether oxygens (including phenoxy) is 3. The van der Waals surface area contributed by atoms with Gasteiger partial charge in [0.15, 0.2) is 0 Å². The molecule has 5 heteroatoms. The summed E-state index contributed by atoms with van der Waals surface area (Å²) < 4.78 is 16.6. The summed E-state index contributed by atoms with van der Waals surface area (Å²) in [6.07, 6.45) is 6.34. The fourth-order valence-electron chi connectivity index (χ4n) is 4.12. The van der Waals surface area contributed by atoms with Crippen molar-refractivity contribution < 1.29 is 19.0 Å². The maximum Gasteiger partial charge on any atom is 0.333 e. The predicted octanol–water partition coefficient (Wildman–Crippen LogP) is 5.90. The van der Waals surface area contributed by atoms with Crippen molar-refractivity contribution in [1.29, 1.82) is 0 Å². The topological polar surface area (TPSA) is 48.0 Å². The van der Waals surface area contributed by atoms with Gasteiger partial charge in [0, 0.05) is 31.5 Å². The van der Waals surface area contributed by atoms with E-state index in [1.165, 1.54) is 11.3 Å². The molecule has 0 saturated heterocycles. The molecule has 0 bridgehead atoms. The van der Waals surface area contributed by atoms with Crippen LogP contribution < -0.4 is 9.64 Å². The first kappa shape index (κ1) is 24.8. The number of esters is 1. The zero-order valence-electron chi connectivity index (χ0n) is 20.5. The lowest BCUT2D eigenvalue weighted by molar-refractivity contribution is -0.138. The van der Waals surface area contributed by atoms with Crippen LogP contribution in [0.3, 0.4) is 0 Å². The summed E-state index contributed by atoms with van der Waals surface area (Å²) in [7, 11) is 2.12. The van der Waals surface area contributed by atoms with Gasteiger partial charge in [0.05, 0.1) is 13.2 Å². The second-order valence-electron chi connectivity index (χ2n) is 8.48. The molecule has 0 atom stereocenters. The number of hydrogen-bond acceptors (Lipinski definition) is 5. The van der Waals surface area contributed by atoms with E-state index < -0.39 is 0 Å². The van der Waals surface area contributed by atoms with Gasteiger partial charge in [-0.2, -0.15) is 0 Å². The molecular weight excluding hydrogens is 414 g/mol. The molecule has 5 nitrogen and oxygen atoms in total. The second kappa shape index (κ2) is 12.4. The number of carbonyl (C=O) groups excluding carboxylic acids is 1. The van der Waals surface area contributed by atoms with Gasteiger partial charge < -0.3 is 19.1 Å². The fourth-order valence-corrected chi connectivity index (χ4v) is 4.12. The molecular formula is C28H37NO4. The summed E-state index contributed by atoms with van der Waals surface area (Å²) in [5, 5.41) is 0. The van der Waals surface area contributed by atoms with Crippen LogP contribution in [0, 0.1) is 0 Å². The van der Waals surface area contributed by atoms with Crippen molar-refractivity contribution in [2.45, 2.75) is 46.5 Å². The second-order valence-corrected chi connectivity index (χ2v) is 8.48. The molecule has 0 fully saturated rings. The maximum atomic E-state index is 12.2. The summed E-state index contributed by atoms with van der Waals surface area (Å²) in [6.45, 7) is 9.14. The molecule has 0 N–H and O–H groups in total. The van der Waals surface area contributed by atoms with Crippen LogP contribution in [-0.2, 0) is 20.7 Å². The van der Waals surface area contributed by atoms with E-state index in [0.717, 1.165) is 61.3 Å². The number of aryl methyl sites for hydroxylation is 1. The van der Waals surface area contributed by atoms with Gasteiger partial charge in [-0.1, -0.05) is 25.5 Å². The van der Waals surface area contributed by atoms with Crippen molar-refractivity contribution >= 4 is 17.7 Å². The van der Waals surface area contributed by atoms with E-state index in [1.807, 2.05) is 32.1 Å². The van der Waals surface area contributed by atoms with Gasteiger partial charge in [-0.3, -0.25) is 0 Å². The van der Waals surface area contributed by atoms with Crippen molar-refractivity contribution in [3.05, 3.63) is 53.1 Å². The quantitative estimate of drug-likeness (QED) is 0.242. The molecule has 33 heavy (non-hydrogen) atoms. The molecule has 0 unspecified atom stereocenters. The molecule has 2 aromatic carbocycles. The number of rotatable bonds is 11. The summed E-state index contributed by atoms with van der Waals surface area (Å²) in [5.41, 5.74) is 6.45. The largest absolute Gasteiger partial charge is 0.491 e. The zero-order valence-corrected chi connectivity index (χ0v) is 20.5. The van der Waals surface area contributed by atoms with Crippen LogP contribution in [-0.4, -0.2) is 46.0 Å². The molecule has 1 aliphatic rings. The van der Waals surface area contributed by atoms with Gasteiger partial charge in [-0.25, -0.2) is 4.79 Å². The standard InChI is InChI=1S/C28H37NO4/c1-5-7-15-31-16-17-33-26-12-10-22(11-13-26)24-19-23-9-8-14-29(4)27(23)25(20-24)18-21(3)28(30)32-6-2/h10-13,18-20H,5-9,14-17H2,1-4H3/b21-18+. The molecule has 0 amide bonds. The Bertz CT molecular complexity index is 949. The van der Waals surface area contributed by atoms with E-state index in [1.54, 1.807) is 0 Å². The number of fused-ring (bicyclic) bond motifs is 1. The van der Waals surface area contributed by atoms with Crippen LogP contribution in [0.1, 0.15) is 51.2 Å². The Kier molecular flexibility index (Phi) is 9.37. The molecule has 1 heterocycles. The highest BCUT2D eigenvalue weighted by molar-refractivity contribution is 5.95. The fraction of sp³-hybridized carbons (Fsp3) is 0.464. The molecule has 0 aliphatic carbocycles. The first-order valence-electron chi connectivity index (χ1n) is 12.1. The van der Waals surface area contributed by atoms with Crippen molar-refractivity contribution in [2.75, 3.05) is 44.9 Å². The van der Waals surface area contributed by atoms with Gasteiger partial charge in [-0.15, -0.1) is 0 Å². The van der Waals surface area contributed by atoms with Crippen LogP contribution in [0.15, 0.2) is 42.0 Å². The minimum absolute atomic E-state index is 0.268. The van der Waals surface area contributed by atoms with Crippen molar-refractivity contribution in [2.24, 2.45) is 0 Å². The average molecular weight is 452 g/mol. The van der Waals surface area contributed by atoms with Crippen LogP contribution >= 0.6 is 0 Å². The van der Waals surface area contributed by atoms with Crippen molar-refractivity contribution in [1.82, 2.24) is 0 Å². The third kappa shape index (κ3) is 6.84. The van der Waals surface area contributed by atoms with E-state index in [-0.39, 0.29) is 5.97 Å². The lowest BCUT2D eigenvalue weighted by Gasteiger charge is -2.30.